The van der Waals surface area contributed by atoms with Gasteiger partial charge in [0.1, 0.15) is 23.0 Å². The van der Waals surface area contributed by atoms with Crippen LogP contribution in [0.5, 0.6) is 5.75 Å². The molecule has 226 valence electrons. The number of benzene rings is 6. The molecular formula is C43H27N3O2. The highest BCUT2D eigenvalue weighted by atomic mass is 16.5. The van der Waals surface area contributed by atoms with Crippen LogP contribution < -0.4 is 4.74 Å². The number of para-hydroxylation sites is 2. The van der Waals surface area contributed by atoms with Crippen LogP contribution in [-0.2, 0) is 0 Å². The van der Waals surface area contributed by atoms with E-state index >= 15 is 0 Å². The van der Waals surface area contributed by atoms with Crippen molar-refractivity contribution in [1.82, 2.24) is 15.0 Å². The molecule has 1 aliphatic heterocycles. The molecule has 8 aromatic rings. The van der Waals surface area contributed by atoms with E-state index in [0.29, 0.717) is 17.5 Å². The van der Waals surface area contributed by atoms with Gasteiger partial charge in [0, 0.05) is 39.0 Å². The summed E-state index contributed by atoms with van der Waals surface area (Å²) < 4.78 is 12.8. The van der Waals surface area contributed by atoms with Crippen LogP contribution in [-0.4, -0.2) is 21.1 Å². The number of hydrogen-bond donors (Lipinski definition) is 0. The van der Waals surface area contributed by atoms with Gasteiger partial charge in [0.25, 0.3) is 0 Å². The standard InChI is InChI=1S/C43H27N3O2/c1-2-11-27-24-30(23-22-26(27)10-1)42-44-41(45-43(46-42)35-18-8-17-33-32-14-3-5-19-36(32)48-40(33)35)29-13-7-12-28(25-29)31-16-9-21-38-39(31)34-15-4-6-20-37(34)47-38/h1-25,33,40H. The van der Waals surface area contributed by atoms with Crippen molar-refractivity contribution in [3.05, 3.63) is 163 Å². The van der Waals surface area contributed by atoms with Gasteiger partial charge in [-0.3, -0.25) is 0 Å². The number of ether oxygens (including phenoxy) is 1. The fourth-order valence-electron chi connectivity index (χ4n) is 7.21. The first-order valence-electron chi connectivity index (χ1n) is 16.2. The van der Waals surface area contributed by atoms with E-state index in [1.807, 2.05) is 36.4 Å². The van der Waals surface area contributed by atoms with Gasteiger partial charge in [-0.05, 0) is 52.2 Å². The van der Waals surface area contributed by atoms with E-state index in [0.717, 1.165) is 60.9 Å². The van der Waals surface area contributed by atoms with E-state index in [2.05, 4.69) is 115 Å². The molecule has 0 spiro atoms. The molecule has 5 heteroatoms. The molecule has 0 bridgehead atoms. The second-order valence-electron chi connectivity index (χ2n) is 12.3. The van der Waals surface area contributed by atoms with E-state index in [4.69, 9.17) is 24.1 Å². The molecule has 0 fully saturated rings. The zero-order valence-corrected chi connectivity index (χ0v) is 25.7. The van der Waals surface area contributed by atoms with E-state index in [9.17, 15) is 0 Å². The lowest BCUT2D eigenvalue weighted by molar-refractivity contribution is 0.277. The largest absolute Gasteiger partial charge is 0.484 e. The Morgan fingerprint density at radius 1 is 0.542 bits per heavy atom. The van der Waals surface area contributed by atoms with Gasteiger partial charge in [-0.2, -0.15) is 0 Å². The second kappa shape index (κ2) is 10.6. The van der Waals surface area contributed by atoms with E-state index in [1.54, 1.807) is 0 Å². The van der Waals surface area contributed by atoms with E-state index in [1.165, 1.54) is 10.9 Å². The third-order valence-corrected chi connectivity index (χ3v) is 9.49. The maximum Gasteiger partial charge on any atom is 0.164 e. The molecule has 3 heterocycles. The topological polar surface area (TPSA) is 61.0 Å². The summed E-state index contributed by atoms with van der Waals surface area (Å²) >= 11 is 0. The molecule has 2 aliphatic rings. The molecule has 0 saturated heterocycles. The lowest BCUT2D eigenvalue weighted by Crippen LogP contribution is -2.23. The fourth-order valence-corrected chi connectivity index (χ4v) is 7.21. The highest BCUT2D eigenvalue weighted by Crippen LogP contribution is 2.45. The smallest absolute Gasteiger partial charge is 0.164 e. The van der Waals surface area contributed by atoms with Gasteiger partial charge in [-0.25, -0.2) is 15.0 Å². The number of allylic oxidation sites excluding steroid dienone is 2. The highest BCUT2D eigenvalue weighted by Gasteiger charge is 2.38. The van der Waals surface area contributed by atoms with E-state index in [-0.39, 0.29) is 12.0 Å². The third-order valence-electron chi connectivity index (χ3n) is 9.49. The Balaban J connectivity index is 1.14. The Kier molecular flexibility index (Phi) is 5.93. The molecule has 0 radical (unpaired) electrons. The molecule has 0 amide bonds. The summed E-state index contributed by atoms with van der Waals surface area (Å²) in [7, 11) is 0. The SMILES string of the molecule is C1=CC2c3ccccc3OC2C(c2nc(-c3cccc(-c4cccc5oc6ccccc6c45)c3)nc(-c3ccc4ccccc4c3)n2)=C1. The van der Waals surface area contributed by atoms with Crippen LogP contribution in [0.4, 0.5) is 0 Å². The summed E-state index contributed by atoms with van der Waals surface area (Å²) in [4.78, 5) is 15.4. The molecule has 48 heavy (non-hydrogen) atoms. The molecule has 1 aliphatic carbocycles. The molecule has 5 nitrogen and oxygen atoms in total. The molecule has 0 saturated carbocycles. The lowest BCUT2D eigenvalue weighted by atomic mass is 9.87. The van der Waals surface area contributed by atoms with Gasteiger partial charge in [0.15, 0.2) is 17.5 Å². The van der Waals surface area contributed by atoms with Gasteiger partial charge in [-0.15, -0.1) is 0 Å². The van der Waals surface area contributed by atoms with Crippen molar-refractivity contribution in [2.24, 2.45) is 0 Å². The molecular weight excluding hydrogens is 590 g/mol. The zero-order valence-electron chi connectivity index (χ0n) is 25.7. The van der Waals surface area contributed by atoms with Gasteiger partial charge < -0.3 is 9.15 Å². The normalized spacial score (nSPS) is 16.5. The zero-order chi connectivity index (χ0) is 31.6. The Morgan fingerprint density at radius 2 is 1.27 bits per heavy atom. The quantitative estimate of drug-likeness (QED) is 0.197. The Labute approximate surface area is 276 Å². The van der Waals surface area contributed by atoms with Gasteiger partial charge >= 0.3 is 0 Å². The van der Waals surface area contributed by atoms with Crippen molar-refractivity contribution in [2.75, 3.05) is 0 Å². The minimum atomic E-state index is -0.217. The summed E-state index contributed by atoms with van der Waals surface area (Å²) in [5, 5.41) is 4.50. The summed E-state index contributed by atoms with van der Waals surface area (Å²) in [5.74, 6) is 2.85. The van der Waals surface area contributed by atoms with Gasteiger partial charge in [0.2, 0.25) is 0 Å². The molecule has 6 aromatic carbocycles. The van der Waals surface area contributed by atoms with Crippen LogP contribution in [0.1, 0.15) is 17.3 Å². The Morgan fingerprint density at radius 3 is 2.21 bits per heavy atom. The molecule has 2 unspecified atom stereocenters. The summed E-state index contributed by atoms with van der Waals surface area (Å²) in [6, 6.07) is 45.8. The lowest BCUT2D eigenvalue weighted by Gasteiger charge is -2.22. The van der Waals surface area contributed by atoms with Crippen molar-refractivity contribution in [3.63, 3.8) is 0 Å². The highest BCUT2D eigenvalue weighted by molar-refractivity contribution is 6.12. The first-order chi connectivity index (χ1) is 23.8. The number of hydrogen-bond acceptors (Lipinski definition) is 5. The summed E-state index contributed by atoms with van der Waals surface area (Å²) in [5.41, 5.74) is 7.87. The molecule has 2 aromatic heterocycles. The van der Waals surface area contributed by atoms with Gasteiger partial charge in [0.05, 0.1) is 0 Å². The van der Waals surface area contributed by atoms with Crippen molar-refractivity contribution < 1.29 is 9.15 Å². The van der Waals surface area contributed by atoms with E-state index < -0.39 is 0 Å². The van der Waals surface area contributed by atoms with Crippen molar-refractivity contribution in [2.45, 2.75) is 12.0 Å². The Bertz CT molecular complexity index is 2630. The maximum atomic E-state index is 6.54. The van der Waals surface area contributed by atoms with Crippen LogP contribution in [0.3, 0.4) is 0 Å². The second-order valence-corrected chi connectivity index (χ2v) is 12.3. The third kappa shape index (κ3) is 4.28. The summed E-state index contributed by atoms with van der Waals surface area (Å²) in [6.07, 6.45) is 6.16. The predicted octanol–water partition coefficient (Wildman–Crippen LogP) is 10.4. The van der Waals surface area contributed by atoms with Crippen molar-refractivity contribution >= 4 is 38.3 Å². The average molecular weight is 618 g/mol. The summed E-state index contributed by atoms with van der Waals surface area (Å²) in [6.45, 7) is 0. The number of aromatic nitrogens is 3. The minimum Gasteiger partial charge on any atom is -0.484 e. The van der Waals surface area contributed by atoms with Crippen LogP contribution in [0.15, 0.2) is 156 Å². The number of furan rings is 1. The number of rotatable bonds is 4. The fraction of sp³-hybridized carbons (Fsp3) is 0.0465. The number of fused-ring (bicyclic) bond motifs is 7. The average Bonchev–Trinajstić information content (AvgIpc) is 3.73. The molecule has 2 atom stereocenters. The maximum absolute atomic E-state index is 6.54. The first kappa shape index (κ1) is 26.8. The first-order valence-corrected chi connectivity index (χ1v) is 16.2. The van der Waals surface area contributed by atoms with Gasteiger partial charge in [-0.1, -0.05) is 121 Å². The van der Waals surface area contributed by atoms with Crippen LogP contribution in [0, 0.1) is 0 Å². The van der Waals surface area contributed by atoms with Crippen molar-refractivity contribution in [1.29, 1.82) is 0 Å². The van der Waals surface area contributed by atoms with Crippen LogP contribution >= 0.6 is 0 Å². The predicted molar refractivity (Wildman–Crippen MR) is 192 cm³/mol. The molecule has 10 rings (SSSR count). The molecule has 0 N–H and O–H groups in total. The van der Waals surface area contributed by atoms with Crippen LogP contribution in [0.2, 0.25) is 0 Å². The monoisotopic (exact) mass is 617 g/mol. The number of nitrogens with zero attached hydrogens (tertiary/aromatic N) is 3. The van der Waals surface area contributed by atoms with Crippen molar-refractivity contribution in [3.8, 4) is 39.7 Å². The Hall–Kier alpha value is -6.33. The minimum absolute atomic E-state index is 0.0964. The van der Waals surface area contributed by atoms with Crippen LogP contribution in [0.25, 0.3) is 72.2 Å².